The molecule has 5 rings (SSSR count). The molecule has 40 heavy (non-hydrogen) atoms. The summed E-state index contributed by atoms with van der Waals surface area (Å²) in [7, 11) is 0. The molecular formula is C31H24FN3O4S. The van der Waals surface area contributed by atoms with Crippen LogP contribution in [0.2, 0.25) is 0 Å². The summed E-state index contributed by atoms with van der Waals surface area (Å²) in [4.78, 5) is 17.9. The fourth-order valence-electron chi connectivity index (χ4n) is 4.44. The van der Waals surface area contributed by atoms with E-state index in [-0.39, 0.29) is 40.7 Å². The van der Waals surface area contributed by atoms with Crippen molar-refractivity contribution >= 4 is 17.7 Å². The van der Waals surface area contributed by atoms with E-state index in [4.69, 9.17) is 24.6 Å². The molecule has 0 saturated carbocycles. The first-order valence-corrected chi connectivity index (χ1v) is 13.5. The molecule has 0 amide bonds. The number of aromatic nitrogens is 1. The van der Waals surface area contributed by atoms with Crippen LogP contribution in [0.1, 0.15) is 18.4 Å². The molecule has 0 fully saturated rings. The Kier molecular flexibility index (Phi) is 7.99. The molecule has 2 N–H and O–H groups in total. The smallest absolute Gasteiger partial charge is 0.338 e. The molecule has 200 valence electrons. The van der Waals surface area contributed by atoms with Gasteiger partial charge in [-0.05, 0) is 13.0 Å². The molecule has 0 aliphatic carbocycles. The third kappa shape index (κ3) is 5.35. The first kappa shape index (κ1) is 26.8. The number of esters is 1. The molecule has 1 atom stereocenters. The second-order valence-electron chi connectivity index (χ2n) is 8.68. The molecule has 2 heterocycles. The summed E-state index contributed by atoms with van der Waals surface area (Å²) in [6, 6.07) is 27.2. The zero-order valence-corrected chi connectivity index (χ0v) is 22.3. The molecule has 1 aromatic heterocycles. The molecule has 9 heteroatoms. The average Bonchev–Trinajstić information content (AvgIpc) is 3.41. The lowest BCUT2D eigenvalue weighted by Crippen LogP contribution is -2.27. The number of allylic oxidation sites excluding steroid dienone is 1. The van der Waals surface area contributed by atoms with Crippen LogP contribution in [0.25, 0.3) is 22.6 Å². The van der Waals surface area contributed by atoms with Crippen molar-refractivity contribution in [1.29, 1.82) is 5.26 Å². The molecule has 1 aliphatic heterocycles. The van der Waals surface area contributed by atoms with Crippen LogP contribution in [-0.4, -0.2) is 23.3 Å². The van der Waals surface area contributed by atoms with E-state index in [1.54, 1.807) is 13.0 Å². The zero-order chi connectivity index (χ0) is 28.1. The van der Waals surface area contributed by atoms with Gasteiger partial charge in [0.05, 0.1) is 23.9 Å². The number of benzene rings is 3. The minimum atomic E-state index is -1.10. The molecule has 7 nitrogen and oxygen atoms in total. The number of hydrogen-bond acceptors (Lipinski definition) is 8. The lowest BCUT2D eigenvalue weighted by atomic mass is 9.83. The highest BCUT2D eigenvalue weighted by molar-refractivity contribution is 7.99. The van der Waals surface area contributed by atoms with E-state index < -0.39 is 17.7 Å². The highest BCUT2D eigenvalue weighted by atomic mass is 32.2. The van der Waals surface area contributed by atoms with Gasteiger partial charge in [-0.3, -0.25) is 0 Å². The lowest BCUT2D eigenvalue weighted by Gasteiger charge is -2.28. The van der Waals surface area contributed by atoms with Crippen molar-refractivity contribution in [2.45, 2.75) is 18.1 Å². The Morgan fingerprint density at radius 1 is 1.05 bits per heavy atom. The number of thioether (sulfide) groups is 1. The van der Waals surface area contributed by atoms with E-state index in [2.05, 4.69) is 0 Å². The molecule has 1 aliphatic rings. The van der Waals surface area contributed by atoms with Crippen molar-refractivity contribution in [3.05, 3.63) is 119 Å². The molecule has 0 saturated heterocycles. The number of rotatable bonds is 8. The molecule has 4 aromatic rings. The van der Waals surface area contributed by atoms with Crippen molar-refractivity contribution in [2.75, 3.05) is 12.4 Å². The van der Waals surface area contributed by atoms with Crippen LogP contribution in [0.4, 0.5) is 4.39 Å². The van der Waals surface area contributed by atoms with Crippen LogP contribution in [0, 0.1) is 17.1 Å². The quantitative estimate of drug-likeness (QED) is 0.193. The number of oxazole rings is 1. The lowest BCUT2D eigenvalue weighted by molar-refractivity contribution is -0.139. The number of hydrogen-bond donors (Lipinski definition) is 1. The van der Waals surface area contributed by atoms with Gasteiger partial charge in [-0.2, -0.15) is 5.26 Å². The van der Waals surface area contributed by atoms with Crippen LogP contribution in [0.3, 0.4) is 0 Å². The monoisotopic (exact) mass is 553 g/mol. The Morgan fingerprint density at radius 2 is 1.70 bits per heavy atom. The topological polar surface area (TPSA) is 111 Å². The van der Waals surface area contributed by atoms with Crippen molar-refractivity contribution < 1.29 is 23.1 Å². The van der Waals surface area contributed by atoms with E-state index >= 15 is 0 Å². The maximum atomic E-state index is 15.0. The second kappa shape index (κ2) is 11.9. The molecular weight excluding hydrogens is 529 g/mol. The van der Waals surface area contributed by atoms with Gasteiger partial charge in [-0.1, -0.05) is 90.6 Å². The summed E-state index contributed by atoms with van der Waals surface area (Å²) in [5.74, 6) is -1.84. The van der Waals surface area contributed by atoms with Gasteiger partial charge < -0.3 is 19.6 Å². The van der Waals surface area contributed by atoms with Crippen LogP contribution < -0.4 is 5.73 Å². The van der Waals surface area contributed by atoms with Crippen molar-refractivity contribution in [1.82, 2.24) is 4.98 Å². The minimum absolute atomic E-state index is 0.00308. The van der Waals surface area contributed by atoms with Crippen LogP contribution in [-0.2, 0) is 14.3 Å². The number of carbonyl (C=O) groups excluding carboxylic acids is 1. The summed E-state index contributed by atoms with van der Waals surface area (Å²) >= 11 is 1.18. The Balaban J connectivity index is 1.56. The predicted octanol–water partition coefficient (Wildman–Crippen LogP) is 6.56. The standard InChI is InChI=1S/C31H24FN3O4S/c1-2-37-30(36)26-24(38-29(34)22(17-33)25(26)21-15-9-10-16-23(21)32)18-40-31-35-27(19-11-5-3-6-12-19)28(39-31)20-13-7-4-8-14-20/h3-16,25H,2,18,34H2,1H3/t25-/m0/s1. The van der Waals surface area contributed by atoms with Gasteiger partial charge in [0.1, 0.15) is 28.9 Å². The maximum absolute atomic E-state index is 15.0. The van der Waals surface area contributed by atoms with Crippen LogP contribution in [0.15, 0.2) is 117 Å². The summed E-state index contributed by atoms with van der Waals surface area (Å²) in [5.41, 5.74) is 8.56. The van der Waals surface area contributed by atoms with E-state index in [9.17, 15) is 14.4 Å². The summed E-state index contributed by atoms with van der Waals surface area (Å²) in [5, 5.41) is 10.2. The Labute approximate surface area is 234 Å². The number of nitrogens with zero attached hydrogens (tertiary/aromatic N) is 2. The average molecular weight is 554 g/mol. The fraction of sp³-hybridized carbons (Fsp3) is 0.129. The first-order valence-electron chi connectivity index (χ1n) is 12.5. The Hall–Kier alpha value is -4.81. The highest BCUT2D eigenvalue weighted by Crippen LogP contribution is 2.43. The summed E-state index contributed by atoms with van der Waals surface area (Å²) in [6.45, 7) is 1.74. The van der Waals surface area contributed by atoms with E-state index in [1.807, 2.05) is 66.7 Å². The van der Waals surface area contributed by atoms with Gasteiger partial charge in [0, 0.05) is 16.7 Å². The van der Waals surface area contributed by atoms with Gasteiger partial charge in [-0.15, -0.1) is 0 Å². The van der Waals surface area contributed by atoms with Crippen LogP contribution >= 0.6 is 11.8 Å². The highest BCUT2D eigenvalue weighted by Gasteiger charge is 2.39. The van der Waals surface area contributed by atoms with Crippen molar-refractivity contribution in [3.63, 3.8) is 0 Å². The number of ether oxygens (including phenoxy) is 2. The normalized spacial score (nSPS) is 15.0. The maximum Gasteiger partial charge on any atom is 0.338 e. The minimum Gasteiger partial charge on any atom is -0.463 e. The SMILES string of the molecule is CCOC(=O)C1=C(CSc2nc(-c3ccccc3)c(-c3ccccc3)o2)OC(N)=C(C#N)[C@@H]1c1ccccc1F. The molecule has 3 aromatic carbocycles. The van der Waals surface area contributed by atoms with E-state index in [0.717, 1.165) is 11.1 Å². The number of halogens is 1. The van der Waals surface area contributed by atoms with Gasteiger partial charge >= 0.3 is 5.97 Å². The fourth-order valence-corrected chi connectivity index (χ4v) is 5.21. The van der Waals surface area contributed by atoms with Gasteiger partial charge in [0.25, 0.3) is 5.22 Å². The first-order chi connectivity index (χ1) is 19.5. The Bertz CT molecular complexity index is 1590. The van der Waals surface area contributed by atoms with Crippen molar-refractivity contribution in [3.8, 4) is 28.7 Å². The third-order valence-electron chi connectivity index (χ3n) is 6.23. The van der Waals surface area contributed by atoms with Crippen LogP contribution in [0.5, 0.6) is 0 Å². The zero-order valence-electron chi connectivity index (χ0n) is 21.5. The van der Waals surface area contributed by atoms with Gasteiger partial charge in [0.2, 0.25) is 5.88 Å². The second-order valence-corrected chi connectivity index (χ2v) is 9.61. The molecule has 0 spiro atoms. The van der Waals surface area contributed by atoms with Crippen molar-refractivity contribution in [2.24, 2.45) is 5.73 Å². The number of carbonyl (C=O) groups is 1. The molecule has 0 bridgehead atoms. The van der Waals surface area contributed by atoms with E-state index in [0.29, 0.717) is 16.7 Å². The van der Waals surface area contributed by atoms with Gasteiger partial charge in [-0.25, -0.2) is 14.2 Å². The summed E-state index contributed by atoms with van der Waals surface area (Å²) < 4.78 is 32.2. The third-order valence-corrected chi connectivity index (χ3v) is 7.05. The largest absolute Gasteiger partial charge is 0.463 e. The predicted molar refractivity (Wildman–Crippen MR) is 149 cm³/mol. The summed E-state index contributed by atoms with van der Waals surface area (Å²) in [6.07, 6.45) is 0. The molecule has 0 radical (unpaired) electrons. The number of nitrogens with two attached hydrogens (primary N) is 1. The molecule has 0 unspecified atom stereocenters. The van der Waals surface area contributed by atoms with E-state index in [1.165, 1.54) is 30.0 Å². The number of nitriles is 1. The Morgan fingerprint density at radius 3 is 2.35 bits per heavy atom. The van der Waals surface area contributed by atoms with Gasteiger partial charge in [0.15, 0.2) is 5.76 Å².